The number of sulfonamides is 1. The molecule has 0 atom stereocenters. The minimum Gasteiger partial charge on any atom is -0.332 e. The lowest BCUT2D eigenvalue weighted by molar-refractivity contribution is -0.116. The van der Waals surface area contributed by atoms with Crippen LogP contribution in [-0.4, -0.2) is 38.7 Å². The first-order chi connectivity index (χ1) is 15.6. The minimum atomic E-state index is -3.96. The van der Waals surface area contributed by atoms with Gasteiger partial charge in [-0.3, -0.25) is 14.3 Å². The number of aryl methyl sites for hydroxylation is 2. The molecule has 0 saturated heterocycles. The fraction of sp³-hybridized carbons (Fsp3) is 0.167. The zero-order chi connectivity index (χ0) is 24.2. The molecule has 0 spiro atoms. The second-order valence-corrected chi connectivity index (χ2v) is 9.71. The Bertz CT molecular complexity index is 1290. The first kappa shape index (κ1) is 24.3. The lowest BCUT2D eigenvalue weighted by atomic mass is 10.1. The summed E-state index contributed by atoms with van der Waals surface area (Å²) in [4.78, 5) is 26.3. The van der Waals surface area contributed by atoms with E-state index in [2.05, 4.69) is 10.0 Å². The molecule has 7 nitrogen and oxygen atoms in total. The number of para-hydroxylation sites is 1. The summed E-state index contributed by atoms with van der Waals surface area (Å²) in [6.45, 7) is 3.58. The number of carbonyl (C=O) groups is 2. The Hall–Kier alpha value is -3.36. The van der Waals surface area contributed by atoms with Crippen molar-refractivity contribution in [3.63, 3.8) is 0 Å². The van der Waals surface area contributed by atoms with Crippen LogP contribution in [0.1, 0.15) is 21.5 Å². The average Bonchev–Trinajstić information content (AvgIpc) is 2.76. The SMILES string of the molecule is Cc1ccc(NS(=O)(=O)c2ccc(Cl)c(C(=O)N(C)CC(=O)Nc3ccccc3)c2)cc1C. The quantitative estimate of drug-likeness (QED) is 0.516. The summed E-state index contributed by atoms with van der Waals surface area (Å²) in [7, 11) is -2.52. The second kappa shape index (κ2) is 10.1. The predicted molar refractivity (Wildman–Crippen MR) is 130 cm³/mol. The Morgan fingerprint density at radius 2 is 1.61 bits per heavy atom. The normalized spacial score (nSPS) is 11.0. The third kappa shape index (κ3) is 6.12. The van der Waals surface area contributed by atoms with Crippen LogP contribution in [-0.2, 0) is 14.8 Å². The largest absolute Gasteiger partial charge is 0.332 e. The molecule has 172 valence electrons. The lowest BCUT2D eigenvalue weighted by Crippen LogP contribution is -2.35. The summed E-state index contributed by atoms with van der Waals surface area (Å²) in [5.41, 5.74) is 2.98. The van der Waals surface area contributed by atoms with E-state index in [1.807, 2.05) is 26.0 Å². The smallest absolute Gasteiger partial charge is 0.261 e. The molecule has 0 fully saturated rings. The van der Waals surface area contributed by atoms with Gasteiger partial charge in [-0.1, -0.05) is 35.9 Å². The second-order valence-electron chi connectivity index (χ2n) is 7.62. The van der Waals surface area contributed by atoms with Gasteiger partial charge in [0.2, 0.25) is 5.91 Å². The number of carbonyl (C=O) groups excluding carboxylic acids is 2. The highest BCUT2D eigenvalue weighted by atomic mass is 35.5. The van der Waals surface area contributed by atoms with E-state index in [1.54, 1.807) is 36.4 Å². The van der Waals surface area contributed by atoms with Crippen LogP contribution >= 0.6 is 11.6 Å². The number of anilines is 2. The van der Waals surface area contributed by atoms with Gasteiger partial charge in [0, 0.05) is 18.4 Å². The van der Waals surface area contributed by atoms with Crippen LogP contribution in [0.5, 0.6) is 0 Å². The summed E-state index contributed by atoms with van der Waals surface area (Å²) in [5.74, 6) is -0.972. The van der Waals surface area contributed by atoms with E-state index in [0.29, 0.717) is 11.4 Å². The van der Waals surface area contributed by atoms with Gasteiger partial charge in [-0.2, -0.15) is 0 Å². The number of benzene rings is 3. The topological polar surface area (TPSA) is 95.6 Å². The maximum atomic E-state index is 12.9. The molecule has 0 radical (unpaired) electrons. The van der Waals surface area contributed by atoms with Crippen molar-refractivity contribution in [1.29, 1.82) is 0 Å². The molecule has 3 aromatic rings. The molecular formula is C24H24ClN3O4S. The first-order valence-electron chi connectivity index (χ1n) is 10.1. The van der Waals surface area contributed by atoms with Crippen molar-refractivity contribution >= 4 is 44.8 Å². The van der Waals surface area contributed by atoms with Crippen molar-refractivity contribution in [2.75, 3.05) is 23.6 Å². The summed E-state index contributed by atoms with van der Waals surface area (Å²) < 4.78 is 28.3. The van der Waals surface area contributed by atoms with Crippen LogP contribution < -0.4 is 10.0 Å². The molecule has 2 amide bonds. The number of amides is 2. The molecule has 0 aliphatic heterocycles. The maximum absolute atomic E-state index is 12.9. The van der Waals surface area contributed by atoms with Crippen LogP contribution in [0.25, 0.3) is 0 Å². The number of rotatable bonds is 7. The van der Waals surface area contributed by atoms with Crippen LogP contribution in [0.4, 0.5) is 11.4 Å². The number of hydrogen-bond acceptors (Lipinski definition) is 4. The van der Waals surface area contributed by atoms with E-state index in [9.17, 15) is 18.0 Å². The predicted octanol–water partition coefficient (Wildman–Crippen LogP) is 4.47. The zero-order valence-electron chi connectivity index (χ0n) is 18.4. The monoisotopic (exact) mass is 485 g/mol. The van der Waals surface area contributed by atoms with E-state index in [1.165, 1.54) is 30.1 Å². The van der Waals surface area contributed by atoms with Crippen molar-refractivity contribution in [3.05, 3.63) is 88.4 Å². The molecule has 9 heteroatoms. The van der Waals surface area contributed by atoms with E-state index in [-0.39, 0.29) is 22.0 Å². The van der Waals surface area contributed by atoms with Crippen LogP contribution in [0.2, 0.25) is 5.02 Å². The van der Waals surface area contributed by atoms with Gasteiger partial charge in [0.15, 0.2) is 0 Å². The molecule has 0 aliphatic carbocycles. The molecule has 2 N–H and O–H groups in total. The van der Waals surface area contributed by atoms with Gasteiger partial charge < -0.3 is 10.2 Å². The first-order valence-corrected chi connectivity index (χ1v) is 11.9. The Balaban J connectivity index is 1.77. The molecule has 0 unspecified atom stereocenters. The summed E-state index contributed by atoms with van der Waals surface area (Å²) in [5, 5.41) is 2.78. The Kier molecular flexibility index (Phi) is 7.40. The number of likely N-dealkylation sites (N-methyl/N-ethyl adjacent to an activating group) is 1. The van der Waals surface area contributed by atoms with E-state index in [4.69, 9.17) is 11.6 Å². The highest BCUT2D eigenvalue weighted by Gasteiger charge is 2.22. The van der Waals surface area contributed by atoms with E-state index < -0.39 is 21.8 Å². The Morgan fingerprint density at radius 1 is 0.909 bits per heavy atom. The number of nitrogens with zero attached hydrogens (tertiary/aromatic N) is 1. The van der Waals surface area contributed by atoms with Gasteiger partial charge in [-0.25, -0.2) is 8.42 Å². The third-order valence-electron chi connectivity index (χ3n) is 5.02. The number of halogens is 1. The maximum Gasteiger partial charge on any atom is 0.261 e. The summed E-state index contributed by atoms with van der Waals surface area (Å²) in [6.07, 6.45) is 0. The summed E-state index contributed by atoms with van der Waals surface area (Å²) in [6, 6.07) is 17.9. The zero-order valence-corrected chi connectivity index (χ0v) is 20.0. The fourth-order valence-corrected chi connectivity index (χ4v) is 4.34. The molecule has 0 heterocycles. The van der Waals surface area contributed by atoms with Gasteiger partial charge in [0.1, 0.15) is 0 Å². The highest BCUT2D eigenvalue weighted by molar-refractivity contribution is 7.92. The Morgan fingerprint density at radius 3 is 2.27 bits per heavy atom. The van der Waals surface area contributed by atoms with Crippen molar-refractivity contribution in [2.45, 2.75) is 18.7 Å². The molecule has 0 saturated carbocycles. The Labute approximate surface area is 198 Å². The standard InChI is InChI=1S/C24H24ClN3O4S/c1-16-9-10-19(13-17(16)2)27-33(31,32)20-11-12-22(25)21(14-20)24(30)28(3)15-23(29)26-18-7-5-4-6-8-18/h4-14,27H,15H2,1-3H3,(H,26,29). The lowest BCUT2D eigenvalue weighted by Gasteiger charge is -2.18. The van der Waals surface area contributed by atoms with Crippen LogP contribution in [0, 0.1) is 13.8 Å². The van der Waals surface area contributed by atoms with Gasteiger partial charge in [-0.15, -0.1) is 0 Å². The molecular weight excluding hydrogens is 462 g/mol. The van der Waals surface area contributed by atoms with Crippen molar-refractivity contribution in [3.8, 4) is 0 Å². The van der Waals surface area contributed by atoms with Gasteiger partial charge in [-0.05, 0) is 67.4 Å². The van der Waals surface area contributed by atoms with E-state index in [0.717, 1.165) is 11.1 Å². The third-order valence-corrected chi connectivity index (χ3v) is 6.73. The average molecular weight is 486 g/mol. The van der Waals surface area contributed by atoms with Crippen molar-refractivity contribution in [1.82, 2.24) is 4.90 Å². The van der Waals surface area contributed by atoms with Gasteiger partial charge >= 0.3 is 0 Å². The number of hydrogen-bond donors (Lipinski definition) is 2. The minimum absolute atomic E-state index is 0.0189. The van der Waals surface area contributed by atoms with Gasteiger partial charge in [0.05, 0.1) is 22.0 Å². The van der Waals surface area contributed by atoms with Gasteiger partial charge in [0.25, 0.3) is 15.9 Å². The molecule has 33 heavy (non-hydrogen) atoms. The van der Waals surface area contributed by atoms with Crippen LogP contribution in [0.15, 0.2) is 71.6 Å². The van der Waals surface area contributed by atoms with Crippen molar-refractivity contribution in [2.24, 2.45) is 0 Å². The highest BCUT2D eigenvalue weighted by Crippen LogP contribution is 2.24. The van der Waals surface area contributed by atoms with Crippen LogP contribution in [0.3, 0.4) is 0 Å². The fourth-order valence-electron chi connectivity index (χ4n) is 3.07. The van der Waals surface area contributed by atoms with Crippen molar-refractivity contribution < 1.29 is 18.0 Å². The molecule has 3 rings (SSSR count). The molecule has 0 bridgehead atoms. The molecule has 0 aromatic heterocycles. The summed E-state index contributed by atoms with van der Waals surface area (Å²) >= 11 is 6.19. The number of nitrogens with one attached hydrogen (secondary N) is 2. The molecule has 3 aromatic carbocycles. The van der Waals surface area contributed by atoms with E-state index >= 15 is 0 Å². The molecule has 0 aliphatic rings.